The van der Waals surface area contributed by atoms with Crippen LogP contribution in [-0.2, 0) is 13.1 Å². The summed E-state index contributed by atoms with van der Waals surface area (Å²) in [7, 11) is 0. The number of thiophene rings is 1. The first-order valence-corrected chi connectivity index (χ1v) is 17.3. The van der Waals surface area contributed by atoms with E-state index >= 15 is 0 Å². The van der Waals surface area contributed by atoms with E-state index in [1.54, 1.807) is 12.1 Å². The molecule has 0 saturated heterocycles. The summed E-state index contributed by atoms with van der Waals surface area (Å²) in [5.41, 5.74) is 5.12. The number of hydrogen-bond acceptors (Lipinski definition) is 2. The Bertz CT molecular complexity index is 1780. The Morgan fingerprint density at radius 3 is 2.13 bits per heavy atom. The summed E-state index contributed by atoms with van der Waals surface area (Å²) >= 11 is 21.2. The van der Waals surface area contributed by atoms with Gasteiger partial charge in [0, 0.05) is 24.0 Å². The third-order valence-corrected chi connectivity index (χ3v) is 11.2. The van der Waals surface area contributed by atoms with Crippen LogP contribution in [0.4, 0.5) is 0 Å². The van der Waals surface area contributed by atoms with Crippen molar-refractivity contribution in [3.63, 3.8) is 0 Å². The zero-order chi connectivity index (χ0) is 31.4. The second-order valence-corrected chi connectivity index (χ2v) is 14.2. The first kappa shape index (κ1) is 35.7. The summed E-state index contributed by atoms with van der Waals surface area (Å²) < 4.78 is 1.78. The van der Waals surface area contributed by atoms with Gasteiger partial charge in [0.25, 0.3) is 5.91 Å². The fourth-order valence-electron chi connectivity index (χ4n) is 6.33. The molecule has 3 nitrogen and oxygen atoms in total. The second-order valence-electron chi connectivity index (χ2n) is 11.9. The van der Waals surface area contributed by atoms with Gasteiger partial charge in [0.05, 0.1) is 39.4 Å². The SMILES string of the molecule is CC[N+](CC)(CCCCN(Cc1ccc2ccccc2c1)C(=O)c1sc2c(Cl)ccc(Cl)c2c1Cl)Cc1cc(C)cc(C)c1.[Br-]. The van der Waals surface area contributed by atoms with E-state index in [0.29, 0.717) is 38.4 Å². The van der Waals surface area contributed by atoms with Crippen LogP contribution >= 0.6 is 46.1 Å². The lowest BCUT2D eigenvalue weighted by Gasteiger charge is -2.37. The number of benzene rings is 4. The molecule has 238 valence electrons. The number of carbonyl (C=O) groups excluding carboxylic acids is 1. The van der Waals surface area contributed by atoms with Crippen molar-refractivity contribution in [3.05, 3.63) is 115 Å². The number of carbonyl (C=O) groups is 1. The molecule has 8 heteroatoms. The molecule has 1 aromatic heterocycles. The van der Waals surface area contributed by atoms with Crippen molar-refractivity contribution in [2.45, 2.75) is 53.6 Å². The molecular weight excluding hydrogens is 707 g/mol. The fourth-order valence-corrected chi connectivity index (χ4v) is 8.50. The molecule has 0 spiro atoms. The second kappa shape index (κ2) is 15.6. The number of aryl methyl sites for hydroxylation is 2. The Morgan fingerprint density at radius 2 is 1.47 bits per heavy atom. The van der Waals surface area contributed by atoms with Crippen LogP contribution in [0, 0.1) is 13.8 Å². The fraction of sp³-hybridized carbons (Fsp3) is 0.324. The standard InChI is InChI=1S/C37H40Cl3N2OS.BrH/c1-5-42(6-2,24-28-20-25(3)19-26(4)21-28)18-10-9-17-41(23-27-13-14-29-11-7-8-12-30(29)22-27)37(43)36-34(40)33-31(38)15-16-32(39)35(33)44-36;/h7-8,11-16,19-22H,5-6,9-10,17-18,23-24H2,1-4H3;1H/q+1;/p-1. The summed E-state index contributed by atoms with van der Waals surface area (Å²) in [6, 6.07) is 25.1. The van der Waals surface area contributed by atoms with E-state index in [1.807, 2.05) is 17.0 Å². The molecule has 0 aliphatic heterocycles. The van der Waals surface area contributed by atoms with E-state index in [-0.39, 0.29) is 22.9 Å². The Kier molecular flexibility index (Phi) is 12.4. The Balaban J connectivity index is 0.00000461. The third kappa shape index (κ3) is 8.25. The molecule has 0 unspecified atom stereocenters. The van der Waals surface area contributed by atoms with Gasteiger partial charge in [-0.15, -0.1) is 11.3 Å². The van der Waals surface area contributed by atoms with E-state index in [9.17, 15) is 4.79 Å². The highest BCUT2D eigenvalue weighted by atomic mass is 79.9. The summed E-state index contributed by atoms with van der Waals surface area (Å²) in [5.74, 6) is -0.0848. The number of rotatable bonds is 12. The molecular formula is C37H40BrCl3N2OS. The van der Waals surface area contributed by atoms with Gasteiger partial charge in [-0.2, -0.15) is 0 Å². The number of unbranched alkanes of at least 4 members (excludes halogenated alkanes) is 1. The van der Waals surface area contributed by atoms with Crippen LogP contribution in [0.25, 0.3) is 20.9 Å². The Hall–Kier alpha value is -2.12. The number of amides is 1. The molecule has 0 fully saturated rings. The average molecular weight is 747 g/mol. The predicted octanol–water partition coefficient (Wildman–Crippen LogP) is 8.11. The molecule has 1 heterocycles. The number of fused-ring (bicyclic) bond motifs is 2. The molecule has 4 aromatic carbocycles. The molecule has 0 N–H and O–H groups in total. The van der Waals surface area contributed by atoms with Crippen molar-refractivity contribution in [2.75, 3.05) is 26.2 Å². The molecule has 0 aliphatic carbocycles. The van der Waals surface area contributed by atoms with E-state index in [4.69, 9.17) is 34.8 Å². The monoisotopic (exact) mass is 744 g/mol. The highest BCUT2D eigenvalue weighted by Crippen LogP contribution is 2.43. The van der Waals surface area contributed by atoms with Gasteiger partial charge in [0.1, 0.15) is 11.4 Å². The van der Waals surface area contributed by atoms with Crippen LogP contribution in [0.15, 0.2) is 72.8 Å². The van der Waals surface area contributed by atoms with Crippen molar-refractivity contribution in [2.24, 2.45) is 0 Å². The smallest absolute Gasteiger partial charge is 0.265 e. The normalized spacial score (nSPS) is 11.6. The molecule has 5 rings (SSSR count). The largest absolute Gasteiger partial charge is 1.00 e. The van der Waals surface area contributed by atoms with Gasteiger partial charge in [-0.05, 0) is 75.1 Å². The summed E-state index contributed by atoms with van der Waals surface area (Å²) in [5, 5.41) is 4.43. The quantitative estimate of drug-likeness (QED) is 0.0934. The average Bonchev–Trinajstić information content (AvgIpc) is 3.37. The predicted molar refractivity (Wildman–Crippen MR) is 191 cm³/mol. The number of hydrogen-bond donors (Lipinski definition) is 0. The molecule has 0 radical (unpaired) electrons. The van der Waals surface area contributed by atoms with Crippen LogP contribution < -0.4 is 17.0 Å². The summed E-state index contributed by atoms with van der Waals surface area (Å²) in [6.45, 7) is 14.3. The highest BCUT2D eigenvalue weighted by Gasteiger charge is 2.27. The van der Waals surface area contributed by atoms with Crippen molar-refractivity contribution in [1.29, 1.82) is 0 Å². The van der Waals surface area contributed by atoms with Gasteiger partial charge in [0.15, 0.2) is 0 Å². The van der Waals surface area contributed by atoms with Gasteiger partial charge in [-0.3, -0.25) is 4.79 Å². The third-order valence-electron chi connectivity index (χ3n) is 8.80. The molecule has 0 atom stereocenters. The first-order chi connectivity index (χ1) is 21.1. The van der Waals surface area contributed by atoms with E-state index in [2.05, 4.69) is 76.2 Å². The van der Waals surface area contributed by atoms with Gasteiger partial charge >= 0.3 is 0 Å². The van der Waals surface area contributed by atoms with E-state index in [1.165, 1.54) is 33.4 Å². The van der Waals surface area contributed by atoms with E-state index in [0.717, 1.165) is 59.2 Å². The lowest BCUT2D eigenvalue weighted by molar-refractivity contribution is -0.938. The van der Waals surface area contributed by atoms with Crippen LogP contribution in [-0.4, -0.2) is 41.5 Å². The topological polar surface area (TPSA) is 20.3 Å². The Morgan fingerprint density at radius 1 is 0.800 bits per heavy atom. The van der Waals surface area contributed by atoms with Crippen LogP contribution in [0.5, 0.6) is 0 Å². The molecule has 45 heavy (non-hydrogen) atoms. The van der Waals surface area contributed by atoms with Crippen LogP contribution in [0.2, 0.25) is 15.1 Å². The lowest BCUT2D eigenvalue weighted by atomic mass is 10.1. The first-order valence-electron chi connectivity index (χ1n) is 15.4. The van der Waals surface area contributed by atoms with Crippen LogP contribution in [0.3, 0.4) is 0 Å². The van der Waals surface area contributed by atoms with Crippen molar-refractivity contribution >= 4 is 72.9 Å². The zero-order valence-corrected chi connectivity index (χ0v) is 31.0. The molecule has 0 aliphatic rings. The van der Waals surface area contributed by atoms with Gasteiger partial charge in [0.2, 0.25) is 0 Å². The molecule has 1 amide bonds. The number of quaternary nitrogens is 1. The minimum absolute atomic E-state index is 0. The van der Waals surface area contributed by atoms with Gasteiger partial charge < -0.3 is 26.4 Å². The molecule has 0 bridgehead atoms. The maximum absolute atomic E-state index is 14.2. The summed E-state index contributed by atoms with van der Waals surface area (Å²) in [4.78, 5) is 16.6. The summed E-state index contributed by atoms with van der Waals surface area (Å²) in [6.07, 6.45) is 1.92. The van der Waals surface area contributed by atoms with Crippen molar-refractivity contribution in [1.82, 2.24) is 4.90 Å². The van der Waals surface area contributed by atoms with Gasteiger partial charge in [-0.1, -0.05) is 101 Å². The van der Waals surface area contributed by atoms with Crippen molar-refractivity contribution < 1.29 is 26.3 Å². The number of halogens is 4. The van der Waals surface area contributed by atoms with Gasteiger partial charge in [-0.25, -0.2) is 0 Å². The number of nitrogens with zero attached hydrogens (tertiary/aromatic N) is 2. The maximum Gasteiger partial charge on any atom is 0.265 e. The van der Waals surface area contributed by atoms with Crippen LogP contribution in [0.1, 0.15) is 58.6 Å². The van der Waals surface area contributed by atoms with E-state index < -0.39 is 0 Å². The van der Waals surface area contributed by atoms with Crippen molar-refractivity contribution in [3.8, 4) is 0 Å². The Labute approximate surface area is 297 Å². The minimum Gasteiger partial charge on any atom is -1.00 e. The maximum atomic E-state index is 14.2. The highest BCUT2D eigenvalue weighted by molar-refractivity contribution is 7.22. The molecule has 5 aromatic rings. The molecule has 0 saturated carbocycles. The lowest BCUT2D eigenvalue weighted by Crippen LogP contribution is -3.00. The zero-order valence-electron chi connectivity index (χ0n) is 26.3. The minimum atomic E-state index is -0.0848.